The minimum Gasteiger partial charge on any atom is -0.398 e. The number of nitrogens with one attached hydrogen (secondary N) is 1. The normalized spacial score (nSPS) is 12.7. The van der Waals surface area contributed by atoms with Crippen molar-refractivity contribution in [3.8, 4) is 0 Å². The first-order valence-corrected chi connectivity index (χ1v) is 6.70. The minimum atomic E-state index is -0.0920. The van der Waals surface area contributed by atoms with Crippen molar-refractivity contribution in [2.45, 2.75) is 26.3 Å². The Morgan fingerprint density at radius 1 is 1.32 bits per heavy atom. The number of anilines is 1. The monoisotopic (exact) mass is 263 g/mol. The van der Waals surface area contributed by atoms with Crippen molar-refractivity contribution in [2.24, 2.45) is 5.92 Å². The lowest BCUT2D eigenvalue weighted by molar-refractivity contribution is 0.0925. The molecule has 0 saturated carbocycles. The maximum Gasteiger partial charge on any atom is 0.253 e. The Labute approximate surface area is 116 Å². The van der Waals surface area contributed by atoms with Crippen LogP contribution in [0.1, 0.15) is 30.6 Å². The quantitative estimate of drug-likeness (QED) is 0.772. The Morgan fingerprint density at radius 2 is 1.95 bits per heavy atom. The van der Waals surface area contributed by atoms with E-state index in [-0.39, 0.29) is 11.9 Å². The summed E-state index contributed by atoms with van der Waals surface area (Å²) in [5.41, 5.74) is 6.90. The van der Waals surface area contributed by atoms with Crippen LogP contribution in [0.5, 0.6) is 0 Å². The van der Waals surface area contributed by atoms with Crippen molar-refractivity contribution in [3.63, 3.8) is 0 Å². The van der Waals surface area contributed by atoms with E-state index in [2.05, 4.69) is 24.1 Å². The van der Waals surface area contributed by atoms with Crippen molar-refractivity contribution in [2.75, 3.05) is 26.4 Å². The molecule has 0 fully saturated rings. The van der Waals surface area contributed by atoms with Gasteiger partial charge in [-0.2, -0.15) is 0 Å². The van der Waals surface area contributed by atoms with Gasteiger partial charge in [0.2, 0.25) is 0 Å². The molecule has 1 rings (SSSR count). The number of amides is 1. The number of nitrogen functional groups attached to an aromatic ring is 1. The Morgan fingerprint density at radius 3 is 2.47 bits per heavy atom. The molecule has 0 aliphatic rings. The smallest absolute Gasteiger partial charge is 0.253 e. The van der Waals surface area contributed by atoms with E-state index in [1.165, 1.54) is 0 Å². The Balaban J connectivity index is 2.73. The maximum atomic E-state index is 12.2. The number of carbonyl (C=O) groups is 1. The molecule has 3 N–H and O–H groups in total. The standard InChI is InChI=1S/C15H25N3O/c1-11(2)9-12(10-18(3)4)17-15(19)13-7-5-6-8-14(13)16/h5-8,11-12H,9-10,16H2,1-4H3,(H,17,19). The SMILES string of the molecule is CC(C)CC(CN(C)C)NC(=O)c1ccccc1N. The van der Waals surface area contributed by atoms with Gasteiger partial charge in [-0.05, 0) is 38.6 Å². The van der Waals surface area contributed by atoms with Crippen molar-refractivity contribution < 1.29 is 4.79 Å². The number of likely N-dealkylation sites (N-methyl/N-ethyl adjacent to an activating group) is 1. The number of hydrogen-bond donors (Lipinski definition) is 2. The Hall–Kier alpha value is -1.55. The summed E-state index contributed by atoms with van der Waals surface area (Å²) in [5.74, 6) is 0.448. The van der Waals surface area contributed by atoms with Gasteiger partial charge in [-0.1, -0.05) is 26.0 Å². The van der Waals surface area contributed by atoms with Crippen molar-refractivity contribution >= 4 is 11.6 Å². The molecule has 4 nitrogen and oxygen atoms in total. The van der Waals surface area contributed by atoms with Crippen LogP contribution in [0.15, 0.2) is 24.3 Å². The molecule has 0 saturated heterocycles. The van der Waals surface area contributed by atoms with E-state index in [0.717, 1.165) is 13.0 Å². The molecule has 4 heteroatoms. The number of nitrogens with zero attached hydrogens (tertiary/aromatic N) is 1. The summed E-state index contributed by atoms with van der Waals surface area (Å²) in [6, 6.07) is 7.30. The first-order chi connectivity index (χ1) is 8.90. The van der Waals surface area contributed by atoms with Crippen LogP contribution in [0, 0.1) is 5.92 Å². The lowest BCUT2D eigenvalue weighted by Gasteiger charge is -2.24. The molecule has 1 aromatic carbocycles. The molecule has 1 unspecified atom stereocenters. The highest BCUT2D eigenvalue weighted by Crippen LogP contribution is 2.12. The predicted molar refractivity (Wildman–Crippen MR) is 80.1 cm³/mol. The molecule has 1 amide bonds. The van der Waals surface area contributed by atoms with Crippen molar-refractivity contribution in [1.82, 2.24) is 10.2 Å². The van der Waals surface area contributed by atoms with Crippen LogP contribution in [0.4, 0.5) is 5.69 Å². The van der Waals surface area contributed by atoms with Gasteiger partial charge in [0.1, 0.15) is 0 Å². The molecule has 1 aromatic rings. The second-order valence-corrected chi connectivity index (χ2v) is 5.65. The van der Waals surface area contributed by atoms with Crippen LogP contribution in [0.2, 0.25) is 0 Å². The summed E-state index contributed by atoms with van der Waals surface area (Å²) in [6.45, 7) is 5.15. The summed E-state index contributed by atoms with van der Waals surface area (Å²) < 4.78 is 0. The second kappa shape index (κ2) is 7.14. The zero-order valence-electron chi connectivity index (χ0n) is 12.3. The average Bonchev–Trinajstić information content (AvgIpc) is 2.27. The van der Waals surface area contributed by atoms with E-state index in [1.54, 1.807) is 12.1 Å². The number of para-hydroxylation sites is 1. The summed E-state index contributed by atoms with van der Waals surface area (Å²) in [7, 11) is 4.02. The lowest BCUT2D eigenvalue weighted by atomic mass is 10.0. The summed E-state index contributed by atoms with van der Waals surface area (Å²) in [5, 5.41) is 3.08. The van der Waals surface area contributed by atoms with E-state index in [4.69, 9.17) is 5.73 Å². The van der Waals surface area contributed by atoms with Crippen LogP contribution < -0.4 is 11.1 Å². The number of nitrogens with two attached hydrogens (primary N) is 1. The van der Waals surface area contributed by atoms with Gasteiger partial charge in [0, 0.05) is 18.3 Å². The third-order valence-electron chi connectivity index (χ3n) is 2.88. The molecule has 19 heavy (non-hydrogen) atoms. The van der Waals surface area contributed by atoms with Crippen LogP contribution in [-0.2, 0) is 0 Å². The average molecular weight is 263 g/mol. The number of rotatable bonds is 6. The number of carbonyl (C=O) groups excluding carboxylic acids is 1. The molecule has 0 heterocycles. The van der Waals surface area contributed by atoms with E-state index < -0.39 is 0 Å². The molecule has 0 radical (unpaired) electrons. The fourth-order valence-electron chi connectivity index (χ4n) is 2.16. The third kappa shape index (κ3) is 5.30. The van der Waals surface area contributed by atoms with Crippen LogP contribution in [-0.4, -0.2) is 37.5 Å². The van der Waals surface area contributed by atoms with Gasteiger partial charge in [0.25, 0.3) is 5.91 Å². The van der Waals surface area contributed by atoms with Gasteiger partial charge in [-0.25, -0.2) is 0 Å². The summed E-state index contributed by atoms with van der Waals surface area (Å²) >= 11 is 0. The second-order valence-electron chi connectivity index (χ2n) is 5.65. The van der Waals surface area contributed by atoms with Crippen molar-refractivity contribution in [3.05, 3.63) is 29.8 Å². The minimum absolute atomic E-state index is 0.0920. The summed E-state index contributed by atoms with van der Waals surface area (Å²) in [4.78, 5) is 14.3. The summed E-state index contributed by atoms with van der Waals surface area (Å²) in [6.07, 6.45) is 0.955. The molecule has 1 atom stereocenters. The topological polar surface area (TPSA) is 58.4 Å². The predicted octanol–water partition coefficient (Wildman–Crippen LogP) is 1.97. The van der Waals surface area contributed by atoms with Gasteiger partial charge in [-0.3, -0.25) is 4.79 Å². The van der Waals surface area contributed by atoms with Gasteiger partial charge >= 0.3 is 0 Å². The first kappa shape index (κ1) is 15.5. The third-order valence-corrected chi connectivity index (χ3v) is 2.88. The molecule has 0 aliphatic carbocycles. The zero-order valence-corrected chi connectivity index (χ0v) is 12.3. The highest BCUT2D eigenvalue weighted by atomic mass is 16.1. The molecular formula is C15H25N3O. The largest absolute Gasteiger partial charge is 0.398 e. The van der Waals surface area contributed by atoms with E-state index in [9.17, 15) is 4.79 Å². The van der Waals surface area contributed by atoms with Crippen LogP contribution >= 0.6 is 0 Å². The Kier molecular flexibility index (Phi) is 5.83. The molecule has 0 aliphatic heterocycles. The maximum absolute atomic E-state index is 12.2. The number of hydrogen-bond acceptors (Lipinski definition) is 3. The molecule has 0 aromatic heterocycles. The highest BCUT2D eigenvalue weighted by Gasteiger charge is 2.17. The molecule has 106 valence electrons. The number of benzene rings is 1. The molecular weight excluding hydrogens is 238 g/mol. The highest BCUT2D eigenvalue weighted by molar-refractivity contribution is 5.99. The van der Waals surface area contributed by atoms with Gasteiger partial charge in [-0.15, -0.1) is 0 Å². The molecule has 0 spiro atoms. The van der Waals surface area contributed by atoms with Gasteiger partial charge in [0.05, 0.1) is 5.56 Å². The van der Waals surface area contributed by atoms with Gasteiger partial charge in [0.15, 0.2) is 0 Å². The first-order valence-electron chi connectivity index (χ1n) is 6.70. The lowest BCUT2D eigenvalue weighted by Crippen LogP contribution is -2.42. The fraction of sp³-hybridized carbons (Fsp3) is 0.533. The van der Waals surface area contributed by atoms with E-state index in [1.807, 2.05) is 26.2 Å². The molecule has 0 bridgehead atoms. The fourth-order valence-corrected chi connectivity index (χ4v) is 2.16. The van der Waals surface area contributed by atoms with Crippen LogP contribution in [0.3, 0.4) is 0 Å². The zero-order chi connectivity index (χ0) is 14.4. The Bertz CT molecular complexity index is 406. The van der Waals surface area contributed by atoms with Crippen LogP contribution in [0.25, 0.3) is 0 Å². The van der Waals surface area contributed by atoms with Gasteiger partial charge < -0.3 is 16.0 Å². The van der Waals surface area contributed by atoms with E-state index in [0.29, 0.717) is 17.2 Å². The van der Waals surface area contributed by atoms with E-state index >= 15 is 0 Å². The van der Waals surface area contributed by atoms with Crippen molar-refractivity contribution in [1.29, 1.82) is 0 Å².